The normalized spacial score (nSPS) is 25.4. The van der Waals surface area contributed by atoms with Gasteiger partial charge in [-0.05, 0) is 37.6 Å². The number of benzene rings is 1. The molecule has 104 valence electrons. The van der Waals surface area contributed by atoms with E-state index >= 15 is 0 Å². The van der Waals surface area contributed by atoms with Crippen LogP contribution in [0.4, 0.5) is 5.69 Å². The highest BCUT2D eigenvalue weighted by atomic mass is 32.2. The number of anilines is 1. The summed E-state index contributed by atoms with van der Waals surface area (Å²) in [4.78, 5) is 2.70. The minimum atomic E-state index is -3.40. The number of hydrogen-bond acceptors (Lipinski definition) is 4. The van der Waals surface area contributed by atoms with Crippen molar-refractivity contribution in [2.45, 2.75) is 23.8 Å². The van der Waals surface area contributed by atoms with Crippen LogP contribution in [0.5, 0.6) is 0 Å². The van der Waals surface area contributed by atoms with E-state index in [1.54, 1.807) is 22.5 Å². The maximum Gasteiger partial charge on any atom is 0.243 e. The van der Waals surface area contributed by atoms with Gasteiger partial charge in [-0.25, -0.2) is 8.42 Å². The highest BCUT2D eigenvalue weighted by Crippen LogP contribution is 2.26. The summed E-state index contributed by atoms with van der Waals surface area (Å²) in [6.45, 7) is 3.13. The van der Waals surface area contributed by atoms with Crippen molar-refractivity contribution in [3.63, 3.8) is 0 Å². The van der Waals surface area contributed by atoms with Crippen LogP contribution in [0.15, 0.2) is 29.2 Å². The number of nitrogens with two attached hydrogens (primary N) is 1. The molecule has 0 saturated carbocycles. The maximum atomic E-state index is 12.6. The van der Waals surface area contributed by atoms with E-state index in [-0.39, 0.29) is 0 Å². The molecule has 0 aromatic heterocycles. The van der Waals surface area contributed by atoms with E-state index in [1.165, 1.54) is 12.5 Å². The Morgan fingerprint density at radius 2 is 2.05 bits per heavy atom. The molecule has 0 amide bonds. The molecule has 0 radical (unpaired) electrons. The molecule has 0 bridgehead atoms. The van der Waals surface area contributed by atoms with E-state index in [4.69, 9.17) is 5.73 Å². The van der Waals surface area contributed by atoms with Gasteiger partial charge < -0.3 is 5.73 Å². The molecular weight excluding hydrogens is 262 g/mol. The number of hydrogen-bond donors (Lipinski definition) is 1. The predicted molar refractivity (Wildman–Crippen MR) is 74.2 cm³/mol. The summed E-state index contributed by atoms with van der Waals surface area (Å²) in [5, 5.41) is 0. The number of sulfonamides is 1. The second kappa shape index (κ2) is 4.77. The Labute approximate surface area is 114 Å². The van der Waals surface area contributed by atoms with Crippen molar-refractivity contribution in [3.8, 4) is 0 Å². The van der Waals surface area contributed by atoms with Gasteiger partial charge in [-0.1, -0.05) is 6.07 Å². The van der Waals surface area contributed by atoms with Gasteiger partial charge in [-0.15, -0.1) is 0 Å². The van der Waals surface area contributed by atoms with Gasteiger partial charge in [0.2, 0.25) is 10.0 Å². The van der Waals surface area contributed by atoms with Crippen LogP contribution in [-0.2, 0) is 10.0 Å². The zero-order valence-corrected chi connectivity index (χ0v) is 11.6. The Morgan fingerprint density at radius 1 is 1.21 bits per heavy atom. The molecule has 1 aromatic carbocycles. The van der Waals surface area contributed by atoms with E-state index < -0.39 is 10.0 Å². The van der Waals surface area contributed by atoms with Crippen LogP contribution < -0.4 is 5.73 Å². The summed E-state index contributed by atoms with van der Waals surface area (Å²) < 4.78 is 26.8. The van der Waals surface area contributed by atoms with Crippen LogP contribution in [0, 0.1) is 0 Å². The molecule has 19 heavy (non-hydrogen) atoms. The zero-order valence-electron chi connectivity index (χ0n) is 10.8. The summed E-state index contributed by atoms with van der Waals surface area (Å²) in [5.74, 6) is 0. The van der Waals surface area contributed by atoms with Gasteiger partial charge in [-0.2, -0.15) is 4.31 Å². The van der Waals surface area contributed by atoms with E-state index in [0.717, 1.165) is 19.5 Å². The first kappa shape index (κ1) is 12.9. The monoisotopic (exact) mass is 281 g/mol. The molecule has 2 saturated heterocycles. The molecule has 6 heteroatoms. The van der Waals surface area contributed by atoms with Gasteiger partial charge in [0.15, 0.2) is 0 Å². The molecule has 5 nitrogen and oxygen atoms in total. The third kappa shape index (κ3) is 2.35. The number of nitrogens with zero attached hydrogens (tertiary/aromatic N) is 2. The highest BCUT2D eigenvalue weighted by molar-refractivity contribution is 7.89. The van der Waals surface area contributed by atoms with Crippen molar-refractivity contribution in [3.05, 3.63) is 24.3 Å². The lowest BCUT2D eigenvalue weighted by Gasteiger charge is -2.36. The van der Waals surface area contributed by atoms with Crippen LogP contribution in [-0.4, -0.2) is 49.8 Å². The molecule has 1 atom stereocenters. The standard InChI is InChI=1S/C13H19N3O2S/c14-11-3-1-5-13(9-11)19(17,18)16-8-7-15-6-2-4-12(15)10-16/h1,3,5,9,12H,2,4,6-8,10,14H2. The van der Waals surface area contributed by atoms with Gasteiger partial charge in [0.1, 0.15) is 0 Å². The molecule has 3 rings (SSSR count). The van der Waals surface area contributed by atoms with Gasteiger partial charge in [0.25, 0.3) is 0 Å². The Kier molecular flexibility index (Phi) is 3.24. The molecule has 2 fully saturated rings. The number of nitrogen functional groups attached to an aromatic ring is 1. The average Bonchev–Trinajstić information content (AvgIpc) is 2.85. The summed E-state index contributed by atoms with van der Waals surface area (Å²) >= 11 is 0. The van der Waals surface area contributed by atoms with Crippen molar-refractivity contribution in [1.29, 1.82) is 0 Å². The first-order chi connectivity index (χ1) is 9.07. The number of rotatable bonds is 2. The zero-order chi connectivity index (χ0) is 13.5. The van der Waals surface area contributed by atoms with Gasteiger partial charge in [0.05, 0.1) is 4.90 Å². The third-order valence-corrected chi connectivity index (χ3v) is 5.91. The van der Waals surface area contributed by atoms with E-state index in [9.17, 15) is 8.42 Å². The quantitative estimate of drug-likeness (QED) is 0.812. The topological polar surface area (TPSA) is 66.6 Å². The Hall–Kier alpha value is -1.11. The van der Waals surface area contributed by atoms with Crippen LogP contribution >= 0.6 is 0 Å². The lowest BCUT2D eigenvalue weighted by molar-refractivity contribution is 0.158. The third-order valence-electron chi connectivity index (χ3n) is 4.05. The molecule has 2 N–H and O–H groups in total. The molecule has 2 aliphatic rings. The fourth-order valence-corrected chi connectivity index (χ4v) is 4.53. The Balaban J connectivity index is 1.85. The van der Waals surface area contributed by atoms with Crippen molar-refractivity contribution in [2.24, 2.45) is 0 Å². The van der Waals surface area contributed by atoms with Crippen LogP contribution in [0.25, 0.3) is 0 Å². The van der Waals surface area contributed by atoms with E-state index in [2.05, 4.69) is 4.90 Å². The molecule has 0 spiro atoms. The smallest absolute Gasteiger partial charge is 0.243 e. The van der Waals surface area contributed by atoms with E-state index in [1.807, 2.05) is 0 Å². The van der Waals surface area contributed by atoms with Gasteiger partial charge in [0, 0.05) is 31.4 Å². The first-order valence-electron chi connectivity index (χ1n) is 6.67. The minimum absolute atomic E-state index is 0.305. The average molecular weight is 281 g/mol. The van der Waals surface area contributed by atoms with E-state index in [0.29, 0.717) is 29.7 Å². The molecule has 2 aliphatic heterocycles. The van der Waals surface area contributed by atoms with Gasteiger partial charge >= 0.3 is 0 Å². The highest BCUT2D eigenvalue weighted by Gasteiger charge is 2.36. The summed E-state index contributed by atoms with van der Waals surface area (Å²) in [5.41, 5.74) is 6.17. The SMILES string of the molecule is Nc1cccc(S(=O)(=O)N2CCN3CCCC3C2)c1. The Bertz CT molecular complexity index is 573. The van der Waals surface area contributed by atoms with Crippen LogP contribution in [0.3, 0.4) is 0 Å². The molecule has 0 aliphatic carbocycles. The van der Waals surface area contributed by atoms with Crippen LogP contribution in [0.1, 0.15) is 12.8 Å². The fourth-order valence-electron chi connectivity index (χ4n) is 3.00. The molecule has 1 unspecified atom stereocenters. The van der Waals surface area contributed by atoms with Crippen LogP contribution in [0.2, 0.25) is 0 Å². The fraction of sp³-hybridized carbons (Fsp3) is 0.538. The lowest BCUT2D eigenvalue weighted by Crippen LogP contribution is -2.51. The van der Waals surface area contributed by atoms with Crippen molar-refractivity contribution < 1.29 is 8.42 Å². The summed E-state index contributed by atoms with van der Waals surface area (Å²) in [7, 11) is -3.40. The molecular formula is C13H19N3O2S. The minimum Gasteiger partial charge on any atom is -0.399 e. The lowest BCUT2D eigenvalue weighted by atomic mass is 10.2. The summed E-state index contributed by atoms with van der Waals surface area (Å²) in [6, 6.07) is 6.94. The Morgan fingerprint density at radius 3 is 2.84 bits per heavy atom. The second-order valence-electron chi connectivity index (χ2n) is 5.27. The van der Waals surface area contributed by atoms with Crippen molar-refractivity contribution >= 4 is 15.7 Å². The first-order valence-corrected chi connectivity index (χ1v) is 8.11. The summed E-state index contributed by atoms with van der Waals surface area (Å²) in [6.07, 6.45) is 2.28. The predicted octanol–water partition coefficient (Wildman–Crippen LogP) is 0.737. The largest absolute Gasteiger partial charge is 0.399 e. The second-order valence-corrected chi connectivity index (χ2v) is 7.21. The molecule has 2 heterocycles. The van der Waals surface area contributed by atoms with Crippen molar-refractivity contribution in [2.75, 3.05) is 31.9 Å². The number of piperazine rings is 1. The number of fused-ring (bicyclic) bond motifs is 1. The molecule has 1 aromatic rings. The van der Waals surface area contributed by atoms with Gasteiger partial charge in [-0.3, -0.25) is 4.90 Å². The maximum absolute atomic E-state index is 12.6. The van der Waals surface area contributed by atoms with Crippen molar-refractivity contribution in [1.82, 2.24) is 9.21 Å².